The molecule has 10 nitrogen and oxygen atoms in total. The highest BCUT2D eigenvalue weighted by atomic mass is 19.1. The lowest BCUT2D eigenvalue weighted by Gasteiger charge is -2.28. The van der Waals surface area contributed by atoms with Gasteiger partial charge in [-0.3, -0.25) is 10.1 Å². The van der Waals surface area contributed by atoms with E-state index in [-0.39, 0.29) is 17.4 Å². The first-order valence-corrected chi connectivity index (χ1v) is 13.8. The summed E-state index contributed by atoms with van der Waals surface area (Å²) in [6.45, 7) is 6.45. The van der Waals surface area contributed by atoms with Crippen LogP contribution in [0.4, 0.5) is 15.8 Å². The van der Waals surface area contributed by atoms with E-state index in [1.54, 1.807) is 19.1 Å². The average Bonchev–Trinajstić information content (AvgIpc) is 2.97. The third-order valence-electron chi connectivity index (χ3n) is 6.79. The van der Waals surface area contributed by atoms with Gasteiger partial charge in [0, 0.05) is 11.5 Å². The van der Waals surface area contributed by atoms with Gasteiger partial charge < -0.3 is 24.7 Å². The molecule has 2 atom stereocenters. The van der Waals surface area contributed by atoms with Crippen LogP contribution in [0.1, 0.15) is 75.1 Å². The topological polar surface area (TPSA) is 140 Å². The number of nitrogens with zero attached hydrogens (tertiary/aromatic N) is 1. The zero-order valence-electron chi connectivity index (χ0n) is 23.5. The molecule has 11 heteroatoms. The lowest BCUT2D eigenvalue weighted by atomic mass is 10.0. The molecule has 0 amide bonds. The Labute approximate surface area is 238 Å². The molecule has 1 saturated heterocycles. The van der Waals surface area contributed by atoms with E-state index in [1.807, 2.05) is 0 Å². The van der Waals surface area contributed by atoms with Crippen LogP contribution in [-0.2, 0) is 14.3 Å². The second-order valence-corrected chi connectivity index (χ2v) is 10.0. The summed E-state index contributed by atoms with van der Waals surface area (Å²) in [6, 6.07) is 8.14. The fraction of sp³-hybridized carbons (Fsp3) is 0.467. The Kier molecular flexibility index (Phi) is 11.8. The van der Waals surface area contributed by atoms with Gasteiger partial charge in [0.1, 0.15) is 11.3 Å². The van der Waals surface area contributed by atoms with Gasteiger partial charge in [0.05, 0.1) is 29.9 Å². The smallest absolute Gasteiger partial charge is 0.350 e. The molecule has 0 aromatic heterocycles. The van der Waals surface area contributed by atoms with Gasteiger partial charge in [-0.05, 0) is 37.0 Å². The zero-order chi connectivity index (χ0) is 29.9. The second-order valence-electron chi connectivity index (χ2n) is 10.0. The summed E-state index contributed by atoms with van der Waals surface area (Å²) < 4.78 is 36.2. The van der Waals surface area contributed by atoms with Gasteiger partial charge in [-0.15, -0.1) is 0 Å². The van der Waals surface area contributed by atoms with Crippen molar-refractivity contribution in [1.29, 1.82) is 0 Å². The number of nitrogen functional groups attached to an aromatic ring is 1. The van der Waals surface area contributed by atoms with E-state index < -0.39 is 52.2 Å². The van der Waals surface area contributed by atoms with Crippen LogP contribution in [0.5, 0.6) is 11.5 Å². The van der Waals surface area contributed by atoms with E-state index in [4.69, 9.17) is 24.7 Å². The van der Waals surface area contributed by atoms with Gasteiger partial charge >= 0.3 is 11.9 Å². The number of rotatable bonds is 13. The van der Waals surface area contributed by atoms with E-state index in [9.17, 15) is 24.1 Å². The SMILES string of the molecule is CCCCC/C=C/[C@H]1CO[C@H](c2ccc(OC(=O)c3cc(N)c(OC(=O)[C@@H](F)[C@@H](C)CC)cc3[N+](=O)[O-])cc2)OC1. The first kappa shape index (κ1) is 31.7. The molecule has 0 unspecified atom stereocenters. The number of nitro benzene ring substituents is 1. The molecule has 2 aromatic carbocycles. The molecule has 2 N–H and O–H groups in total. The van der Waals surface area contributed by atoms with E-state index in [0.29, 0.717) is 19.6 Å². The molecule has 0 bridgehead atoms. The number of hydrogen-bond acceptors (Lipinski definition) is 9. The quantitative estimate of drug-likeness (QED) is 0.0543. The number of unbranched alkanes of at least 4 members (excludes halogenated alkanes) is 3. The average molecular weight is 573 g/mol. The molecule has 0 saturated carbocycles. The highest BCUT2D eigenvalue weighted by Crippen LogP contribution is 2.33. The Morgan fingerprint density at radius 2 is 1.83 bits per heavy atom. The first-order valence-electron chi connectivity index (χ1n) is 13.8. The van der Waals surface area contributed by atoms with E-state index in [1.165, 1.54) is 38.3 Å². The monoisotopic (exact) mass is 572 g/mol. The van der Waals surface area contributed by atoms with Crippen LogP contribution in [-0.4, -0.2) is 36.2 Å². The maximum atomic E-state index is 14.2. The molecule has 0 aliphatic carbocycles. The third-order valence-corrected chi connectivity index (χ3v) is 6.79. The van der Waals surface area contributed by atoms with Crippen LogP contribution in [0.15, 0.2) is 48.6 Å². The van der Waals surface area contributed by atoms with Crippen molar-refractivity contribution in [2.45, 2.75) is 65.3 Å². The number of carbonyl (C=O) groups is 2. The molecule has 2 aromatic rings. The molecule has 1 aliphatic heterocycles. The number of anilines is 1. The summed E-state index contributed by atoms with van der Waals surface area (Å²) in [5.41, 5.74) is 5.17. The number of allylic oxidation sites excluding steroid dienone is 1. The minimum atomic E-state index is -1.94. The zero-order valence-corrected chi connectivity index (χ0v) is 23.5. The number of alkyl halides is 1. The van der Waals surface area contributed by atoms with Crippen molar-refractivity contribution in [3.63, 3.8) is 0 Å². The maximum absolute atomic E-state index is 14.2. The molecule has 0 radical (unpaired) electrons. The Balaban J connectivity index is 1.63. The fourth-order valence-corrected chi connectivity index (χ4v) is 4.07. The molecular formula is C30H37FN2O8. The fourth-order valence-electron chi connectivity index (χ4n) is 4.07. The predicted molar refractivity (Wildman–Crippen MR) is 150 cm³/mol. The van der Waals surface area contributed by atoms with Crippen LogP contribution in [0.2, 0.25) is 0 Å². The minimum absolute atomic E-state index is 0.125. The highest BCUT2D eigenvalue weighted by molar-refractivity contribution is 5.97. The number of carbonyl (C=O) groups excluding carboxylic acids is 2. The van der Waals surface area contributed by atoms with Crippen molar-refractivity contribution >= 4 is 23.3 Å². The van der Waals surface area contributed by atoms with Crippen LogP contribution in [0.25, 0.3) is 0 Å². The molecule has 1 fully saturated rings. The highest BCUT2D eigenvalue weighted by Gasteiger charge is 2.30. The molecule has 1 aliphatic rings. The largest absolute Gasteiger partial charge is 0.423 e. The van der Waals surface area contributed by atoms with Gasteiger partial charge in [-0.1, -0.05) is 64.3 Å². The lowest BCUT2D eigenvalue weighted by molar-refractivity contribution is -0.385. The number of nitro groups is 1. The van der Waals surface area contributed by atoms with Crippen LogP contribution >= 0.6 is 0 Å². The Bertz CT molecular complexity index is 1230. The lowest BCUT2D eigenvalue weighted by Crippen LogP contribution is -2.28. The van der Waals surface area contributed by atoms with Crippen LogP contribution in [0, 0.1) is 22.0 Å². The number of ether oxygens (including phenoxy) is 4. The number of hydrogen-bond donors (Lipinski definition) is 1. The summed E-state index contributed by atoms with van der Waals surface area (Å²) in [5, 5.41) is 11.7. The Morgan fingerprint density at radius 1 is 1.15 bits per heavy atom. The maximum Gasteiger partial charge on any atom is 0.350 e. The van der Waals surface area contributed by atoms with Crippen molar-refractivity contribution in [3.8, 4) is 11.5 Å². The summed E-state index contributed by atoms with van der Waals surface area (Å²) in [5.74, 6) is -3.00. The van der Waals surface area contributed by atoms with E-state index >= 15 is 0 Å². The van der Waals surface area contributed by atoms with Gasteiger partial charge in [0.15, 0.2) is 18.2 Å². The number of esters is 2. The Morgan fingerprint density at radius 3 is 2.44 bits per heavy atom. The third kappa shape index (κ3) is 8.83. The van der Waals surface area contributed by atoms with Crippen molar-refractivity contribution in [1.82, 2.24) is 0 Å². The standard InChI is InChI=1S/C30H37FN2O8/c1-4-6-7-8-9-10-20-17-38-30(39-18-20)21-11-13-22(14-12-21)40-28(34)23-15-24(32)26(16-25(23)33(36)37)41-29(35)27(31)19(3)5-2/h9-16,19-20,27,30H,4-8,17-18,32H2,1-3H3/b10-9+/t19-,20-,27-,30-/m0/s1. The molecule has 41 heavy (non-hydrogen) atoms. The molecule has 3 rings (SSSR count). The number of halogens is 1. The molecule has 0 spiro atoms. The molecule has 1 heterocycles. The predicted octanol–water partition coefficient (Wildman–Crippen LogP) is 6.48. The normalized spacial score (nSPS) is 18.5. The van der Waals surface area contributed by atoms with Crippen molar-refractivity contribution in [2.75, 3.05) is 18.9 Å². The summed E-state index contributed by atoms with van der Waals surface area (Å²) >= 11 is 0. The number of benzene rings is 2. The van der Waals surface area contributed by atoms with Gasteiger partial charge in [0.25, 0.3) is 5.69 Å². The molecule has 222 valence electrons. The van der Waals surface area contributed by atoms with E-state index in [0.717, 1.165) is 24.1 Å². The van der Waals surface area contributed by atoms with E-state index in [2.05, 4.69) is 19.1 Å². The van der Waals surface area contributed by atoms with Gasteiger partial charge in [0.2, 0.25) is 0 Å². The van der Waals surface area contributed by atoms with Crippen LogP contribution < -0.4 is 15.2 Å². The minimum Gasteiger partial charge on any atom is -0.423 e. The summed E-state index contributed by atoms with van der Waals surface area (Å²) in [6.07, 6.45) is 6.79. The first-order chi connectivity index (χ1) is 19.6. The molecular weight excluding hydrogens is 535 g/mol. The van der Waals surface area contributed by atoms with Crippen molar-refractivity contribution in [2.24, 2.45) is 11.8 Å². The Hall–Kier alpha value is -3.83. The summed E-state index contributed by atoms with van der Waals surface area (Å²) in [4.78, 5) is 35.8. The van der Waals surface area contributed by atoms with Crippen molar-refractivity contribution in [3.05, 3.63) is 69.8 Å². The second kappa shape index (κ2) is 15.2. The van der Waals surface area contributed by atoms with Crippen molar-refractivity contribution < 1.29 is 37.9 Å². The number of nitrogens with two attached hydrogens (primary N) is 1. The van der Waals surface area contributed by atoms with Gasteiger partial charge in [-0.25, -0.2) is 14.0 Å². The summed E-state index contributed by atoms with van der Waals surface area (Å²) in [7, 11) is 0. The van der Waals surface area contributed by atoms with Crippen LogP contribution in [0.3, 0.4) is 0 Å². The van der Waals surface area contributed by atoms with Gasteiger partial charge in [-0.2, -0.15) is 0 Å².